The third kappa shape index (κ3) is 6.46. The molecule has 0 aromatic heterocycles. The zero-order valence-electron chi connectivity index (χ0n) is 19.5. The molecule has 1 fully saturated rings. The third-order valence-electron chi connectivity index (χ3n) is 5.61. The van der Waals surface area contributed by atoms with Gasteiger partial charge in [-0.05, 0) is 43.9 Å². The second-order valence-electron chi connectivity index (χ2n) is 8.44. The Morgan fingerprint density at radius 1 is 1.18 bits per heavy atom. The van der Waals surface area contributed by atoms with E-state index in [0.717, 1.165) is 18.4 Å². The van der Waals surface area contributed by atoms with E-state index < -0.39 is 15.9 Å². The highest BCUT2D eigenvalue weighted by Crippen LogP contribution is 2.31. The van der Waals surface area contributed by atoms with Crippen molar-refractivity contribution in [2.45, 2.75) is 65.0 Å². The van der Waals surface area contributed by atoms with Crippen LogP contribution in [0.5, 0.6) is 11.5 Å². The summed E-state index contributed by atoms with van der Waals surface area (Å²) in [5.41, 5.74) is 1.08. The lowest BCUT2D eigenvalue weighted by molar-refractivity contribution is -0.133. The fourth-order valence-corrected chi connectivity index (χ4v) is 5.49. The highest BCUT2D eigenvalue weighted by atomic mass is 32.2. The third-order valence-corrected chi connectivity index (χ3v) is 7.37. The summed E-state index contributed by atoms with van der Waals surface area (Å²) in [6, 6.07) is 4.77. The smallest absolute Gasteiger partial charge is 0.267 e. The monoisotopic (exact) mass is 479 g/mol. The van der Waals surface area contributed by atoms with E-state index >= 15 is 0 Å². The first-order chi connectivity index (χ1) is 15.7. The van der Waals surface area contributed by atoms with Crippen molar-refractivity contribution in [2.75, 3.05) is 24.7 Å². The van der Waals surface area contributed by atoms with Gasteiger partial charge in [-0.2, -0.15) is 5.10 Å². The van der Waals surface area contributed by atoms with Crippen molar-refractivity contribution in [1.82, 2.24) is 10.3 Å². The molecule has 2 unspecified atom stereocenters. The molecule has 3 rings (SSSR count). The predicted octanol–water partition coefficient (Wildman–Crippen LogP) is 2.61. The average molecular weight is 480 g/mol. The van der Waals surface area contributed by atoms with Crippen molar-refractivity contribution >= 4 is 27.4 Å². The van der Waals surface area contributed by atoms with Gasteiger partial charge in [-0.25, -0.2) is 13.4 Å². The first kappa shape index (κ1) is 25.0. The minimum atomic E-state index is -3.17. The van der Waals surface area contributed by atoms with Crippen LogP contribution in [0.25, 0.3) is 0 Å². The molecule has 33 heavy (non-hydrogen) atoms. The number of hydrogen-bond acceptors (Lipinski definition) is 7. The van der Waals surface area contributed by atoms with Crippen LogP contribution in [0.4, 0.5) is 0 Å². The number of nitrogens with zero attached hydrogens (tertiary/aromatic N) is 2. The number of rotatable bonds is 10. The topological polar surface area (TPSA) is 114 Å². The summed E-state index contributed by atoms with van der Waals surface area (Å²) in [4.78, 5) is 25.2. The van der Waals surface area contributed by atoms with Crippen molar-refractivity contribution in [3.05, 3.63) is 23.8 Å². The molecule has 2 aliphatic rings. The zero-order chi connectivity index (χ0) is 24.0. The molecule has 0 aliphatic carbocycles. The normalized spacial score (nSPS) is 20.8. The zero-order valence-corrected chi connectivity index (χ0v) is 20.3. The molecule has 0 saturated carbocycles. The molecule has 0 bridgehead atoms. The molecule has 182 valence electrons. The van der Waals surface area contributed by atoms with E-state index in [2.05, 4.69) is 10.4 Å². The predicted molar refractivity (Wildman–Crippen MR) is 125 cm³/mol. The van der Waals surface area contributed by atoms with Crippen molar-refractivity contribution in [3.8, 4) is 11.5 Å². The Bertz CT molecular complexity index is 1010. The first-order valence-electron chi connectivity index (χ1n) is 11.5. The van der Waals surface area contributed by atoms with Crippen LogP contribution >= 0.6 is 0 Å². The Morgan fingerprint density at radius 3 is 2.52 bits per heavy atom. The van der Waals surface area contributed by atoms with Crippen molar-refractivity contribution in [2.24, 2.45) is 5.10 Å². The van der Waals surface area contributed by atoms with Gasteiger partial charge >= 0.3 is 0 Å². The number of sulfone groups is 1. The number of hydrazone groups is 1. The summed E-state index contributed by atoms with van der Waals surface area (Å²) in [6.07, 6.45) is 2.45. The van der Waals surface area contributed by atoms with Gasteiger partial charge in [0.25, 0.3) is 5.91 Å². The van der Waals surface area contributed by atoms with Crippen LogP contribution < -0.4 is 14.8 Å². The lowest BCUT2D eigenvalue weighted by Crippen LogP contribution is -2.44. The van der Waals surface area contributed by atoms with Crippen LogP contribution in [0.2, 0.25) is 0 Å². The Morgan fingerprint density at radius 2 is 1.88 bits per heavy atom. The molecule has 10 heteroatoms. The van der Waals surface area contributed by atoms with E-state index in [0.29, 0.717) is 31.1 Å². The molecule has 1 aromatic rings. The van der Waals surface area contributed by atoms with Gasteiger partial charge in [0.05, 0.1) is 36.8 Å². The van der Waals surface area contributed by atoms with Crippen LogP contribution in [0, 0.1) is 0 Å². The Hall–Kier alpha value is -2.62. The Balaban J connectivity index is 1.71. The largest absolute Gasteiger partial charge is 0.490 e. The lowest BCUT2D eigenvalue weighted by atomic mass is 10.1. The lowest BCUT2D eigenvalue weighted by Gasteiger charge is -2.28. The molecule has 1 saturated heterocycles. The Labute approximate surface area is 195 Å². The quantitative estimate of drug-likeness (QED) is 0.552. The number of nitrogens with one attached hydrogen (secondary N) is 1. The van der Waals surface area contributed by atoms with Gasteiger partial charge in [-0.15, -0.1) is 0 Å². The molecule has 2 heterocycles. The summed E-state index contributed by atoms with van der Waals surface area (Å²) < 4.78 is 35.2. The van der Waals surface area contributed by atoms with Crippen molar-refractivity contribution in [1.29, 1.82) is 0 Å². The van der Waals surface area contributed by atoms with Crippen molar-refractivity contribution in [3.63, 3.8) is 0 Å². The van der Waals surface area contributed by atoms with E-state index in [1.807, 2.05) is 39.0 Å². The number of hydrogen-bond donors (Lipinski definition) is 1. The van der Waals surface area contributed by atoms with E-state index in [1.54, 1.807) is 0 Å². The molecular formula is C23H33N3O6S. The van der Waals surface area contributed by atoms with Gasteiger partial charge in [-0.1, -0.05) is 19.9 Å². The molecule has 2 aliphatic heterocycles. The van der Waals surface area contributed by atoms with E-state index in [4.69, 9.17) is 9.47 Å². The molecular weight excluding hydrogens is 446 g/mol. The summed E-state index contributed by atoms with van der Waals surface area (Å²) in [5.74, 6) is 0.615. The molecule has 0 spiro atoms. The summed E-state index contributed by atoms with van der Waals surface area (Å²) in [7, 11) is -3.17. The van der Waals surface area contributed by atoms with Gasteiger partial charge in [0.1, 0.15) is 5.71 Å². The number of carbonyl (C=O) groups excluding carboxylic acids is 2. The van der Waals surface area contributed by atoms with Gasteiger partial charge in [0.15, 0.2) is 21.3 Å². The second-order valence-corrected chi connectivity index (χ2v) is 10.7. The summed E-state index contributed by atoms with van der Waals surface area (Å²) in [6.45, 7) is 7.07. The molecule has 1 aromatic carbocycles. The molecule has 9 nitrogen and oxygen atoms in total. The number of amides is 2. The van der Waals surface area contributed by atoms with Crippen LogP contribution in [-0.2, 0) is 19.4 Å². The average Bonchev–Trinajstić information content (AvgIpc) is 3.15. The first-order valence-corrected chi connectivity index (χ1v) is 13.4. The standard InChI is InChI=1S/C23H33N3O6S/c1-4-11-31-20-8-6-17(14-21(20)32-12-5-2)16(3)24-23(28)19-7-9-22(27)26(25-19)18-10-13-33(29,30)15-18/h6,8,14,16,18H,4-5,7,9-13,15H2,1-3H3,(H,24,28). The van der Waals surface area contributed by atoms with Gasteiger partial charge in [0, 0.05) is 12.8 Å². The Kier molecular flexibility index (Phi) is 8.34. The highest BCUT2D eigenvalue weighted by molar-refractivity contribution is 7.91. The maximum atomic E-state index is 12.9. The number of benzene rings is 1. The van der Waals surface area contributed by atoms with Gasteiger partial charge in [-0.3, -0.25) is 9.59 Å². The van der Waals surface area contributed by atoms with Gasteiger partial charge in [0.2, 0.25) is 5.91 Å². The number of carbonyl (C=O) groups is 2. The van der Waals surface area contributed by atoms with Crippen LogP contribution in [-0.4, -0.2) is 61.7 Å². The van der Waals surface area contributed by atoms with E-state index in [9.17, 15) is 18.0 Å². The number of ether oxygens (including phenoxy) is 2. The van der Waals surface area contributed by atoms with Crippen LogP contribution in [0.1, 0.15) is 64.5 Å². The second kappa shape index (κ2) is 11.0. The van der Waals surface area contributed by atoms with E-state index in [1.165, 1.54) is 5.01 Å². The summed E-state index contributed by atoms with van der Waals surface area (Å²) in [5, 5.41) is 8.37. The maximum absolute atomic E-state index is 12.9. The maximum Gasteiger partial charge on any atom is 0.267 e. The van der Waals surface area contributed by atoms with Crippen LogP contribution in [0.3, 0.4) is 0 Å². The van der Waals surface area contributed by atoms with Gasteiger partial charge < -0.3 is 14.8 Å². The molecule has 2 amide bonds. The van der Waals surface area contributed by atoms with E-state index in [-0.39, 0.29) is 47.9 Å². The summed E-state index contributed by atoms with van der Waals surface area (Å²) >= 11 is 0. The fourth-order valence-electron chi connectivity index (χ4n) is 3.80. The molecule has 0 radical (unpaired) electrons. The van der Waals surface area contributed by atoms with Crippen molar-refractivity contribution < 1.29 is 27.5 Å². The van der Waals surface area contributed by atoms with Crippen LogP contribution in [0.15, 0.2) is 23.3 Å². The minimum absolute atomic E-state index is 0.0376. The highest BCUT2D eigenvalue weighted by Gasteiger charge is 2.37. The fraction of sp³-hybridized carbons (Fsp3) is 0.609. The molecule has 1 N–H and O–H groups in total. The molecule has 2 atom stereocenters. The minimum Gasteiger partial charge on any atom is -0.490 e. The SMILES string of the molecule is CCCOc1ccc(C(C)NC(=O)C2=NN(C3CCS(=O)(=O)C3)C(=O)CC2)cc1OCCC.